The van der Waals surface area contributed by atoms with Crippen LogP contribution in [0.15, 0.2) is 48.5 Å². The van der Waals surface area contributed by atoms with E-state index in [-0.39, 0.29) is 0 Å². The Morgan fingerprint density at radius 2 is 1.63 bits per heavy atom. The summed E-state index contributed by atoms with van der Waals surface area (Å²) in [6.45, 7) is 2.59. The third kappa shape index (κ3) is 3.72. The van der Waals surface area contributed by atoms with Crippen LogP contribution >= 0.6 is 11.6 Å². The smallest absolute Gasteiger partial charge is 0.0761 e. The Labute approximate surface area is 119 Å². The lowest BCUT2D eigenvalue weighted by atomic mass is 10.1. The van der Waals surface area contributed by atoms with E-state index in [2.05, 4.69) is 4.90 Å². The summed E-state index contributed by atoms with van der Waals surface area (Å²) in [5, 5.41) is 10.2. The maximum absolute atomic E-state index is 9.49. The topological polar surface area (TPSA) is 23.5 Å². The molecule has 0 saturated heterocycles. The minimum absolute atomic E-state index is 0.421. The van der Waals surface area contributed by atoms with Gasteiger partial charge in [0, 0.05) is 24.3 Å². The van der Waals surface area contributed by atoms with Crippen LogP contribution in [0.5, 0.6) is 0 Å². The normalized spacial score (nSPS) is 12.2. The number of benzene rings is 2. The molecule has 2 aromatic rings. The summed E-state index contributed by atoms with van der Waals surface area (Å²) in [5.41, 5.74) is 3.27. The summed E-state index contributed by atoms with van der Waals surface area (Å²) in [6, 6.07) is 15.8. The summed E-state index contributed by atoms with van der Waals surface area (Å²) < 4.78 is 0. The van der Waals surface area contributed by atoms with Gasteiger partial charge in [-0.25, -0.2) is 0 Å². The van der Waals surface area contributed by atoms with Gasteiger partial charge in [0.1, 0.15) is 0 Å². The molecule has 2 rings (SSSR count). The number of hydrogen-bond donors (Lipinski definition) is 1. The van der Waals surface area contributed by atoms with E-state index in [9.17, 15) is 5.11 Å². The quantitative estimate of drug-likeness (QED) is 0.911. The molecule has 0 fully saturated rings. The molecule has 0 bridgehead atoms. The van der Waals surface area contributed by atoms with Crippen LogP contribution in [-0.2, 0) is 6.54 Å². The molecular weight excluding hydrogens is 258 g/mol. The largest absolute Gasteiger partial charge is 0.389 e. The summed E-state index contributed by atoms with van der Waals surface area (Å²) in [5.74, 6) is 0. The van der Waals surface area contributed by atoms with Gasteiger partial charge in [0.2, 0.25) is 0 Å². The van der Waals surface area contributed by atoms with Gasteiger partial charge in [0.05, 0.1) is 6.10 Å². The fourth-order valence-electron chi connectivity index (χ4n) is 1.96. The number of rotatable bonds is 4. The van der Waals surface area contributed by atoms with E-state index in [4.69, 9.17) is 11.6 Å². The van der Waals surface area contributed by atoms with Crippen molar-refractivity contribution in [3.63, 3.8) is 0 Å². The molecule has 19 heavy (non-hydrogen) atoms. The minimum atomic E-state index is -0.421. The van der Waals surface area contributed by atoms with Crippen molar-refractivity contribution < 1.29 is 5.11 Å². The van der Waals surface area contributed by atoms with Gasteiger partial charge in [0.25, 0.3) is 0 Å². The average molecular weight is 276 g/mol. The highest BCUT2D eigenvalue weighted by Crippen LogP contribution is 2.20. The van der Waals surface area contributed by atoms with Crippen molar-refractivity contribution >= 4 is 17.3 Å². The predicted molar refractivity (Wildman–Crippen MR) is 80.6 cm³/mol. The number of hydrogen-bond acceptors (Lipinski definition) is 2. The fourth-order valence-corrected chi connectivity index (χ4v) is 2.09. The van der Waals surface area contributed by atoms with Crippen molar-refractivity contribution in [2.45, 2.75) is 19.6 Å². The molecule has 0 amide bonds. The standard InChI is InChI=1S/C16H18ClNO/c1-12(19)14-5-9-16(10-6-14)18(2)11-13-3-7-15(17)8-4-13/h3-10,12,19H,11H2,1-2H3. The van der Waals surface area contributed by atoms with Gasteiger partial charge in [-0.05, 0) is 42.3 Å². The van der Waals surface area contributed by atoms with Gasteiger partial charge in [-0.1, -0.05) is 35.9 Å². The summed E-state index contributed by atoms with van der Waals surface area (Å²) >= 11 is 5.87. The second kappa shape index (κ2) is 6.09. The lowest BCUT2D eigenvalue weighted by Gasteiger charge is -2.20. The first-order valence-corrected chi connectivity index (χ1v) is 6.67. The number of anilines is 1. The van der Waals surface area contributed by atoms with Gasteiger partial charge >= 0.3 is 0 Å². The Balaban J connectivity index is 2.07. The first-order valence-electron chi connectivity index (χ1n) is 6.30. The number of aliphatic hydroxyl groups excluding tert-OH is 1. The molecule has 3 heteroatoms. The molecule has 0 saturated carbocycles. The highest BCUT2D eigenvalue weighted by atomic mass is 35.5. The fraction of sp³-hybridized carbons (Fsp3) is 0.250. The second-order valence-electron chi connectivity index (χ2n) is 4.75. The third-order valence-corrected chi connectivity index (χ3v) is 3.40. The molecule has 2 nitrogen and oxygen atoms in total. The Hall–Kier alpha value is -1.51. The molecule has 0 aliphatic heterocycles. The van der Waals surface area contributed by atoms with Crippen molar-refractivity contribution in [3.05, 3.63) is 64.7 Å². The van der Waals surface area contributed by atoms with Crippen molar-refractivity contribution in [1.82, 2.24) is 0 Å². The molecule has 1 N–H and O–H groups in total. The summed E-state index contributed by atoms with van der Waals surface area (Å²) in [6.07, 6.45) is -0.421. The number of aliphatic hydroxyl groups is 1. The zero-order chi connectivity index (χ0) is 13.8. The van der Waals surface area contributed by atoms with Crippen LogP contribution in [0.4, 0.5) is 5.69 Å². The van der Waals surface area contributed by atoms with Crippen LogP contribution in [0.25, 0.3) is 0 Å². The highest BCUT2D eigenvalue weighted by molar-refractivity contribution is 6.30. The van der Waals surface area contributed by atoms with Crippen LogP contribution in [0.1, 0.15) is 24.2 Å². The van der Waals surface area contributed by atoms with Crippen molar-refractivity contribution in [3.8, 4) is 0 Å². The van der Waals surface area contributed by atoms with Gasteiger partial charge in [0.15, 0.2) is 0 Å². The minimum Gasteiger partial charge on any atom is -0.389 e. The third-order valence-electron chi connectivity index (χ3n) is 3.15. The van der Waals surface area contributed by atoms with Crippen molar-refractivity contribution in [1.29, 1.82) is 0 Å². The highest BCUT2D eigenvalue weighted by Gasteiger charge is 2.04. The molecule has 1 unspecified atom stereocenters. The second-order valence-corrected chi connectivity index (χ2v) is 5.19. The van der Waals surface area contributed by atoms with Crippen LogP contribution in [0.3, 0.4) is 0 Å². The maximum Gasteiger partial charge on any atom is 0.0761 e. The van der Waals surface area contributed by atoms with E-state index in [1.54, 1.807) is 6.92 Å². The Morgan fingerprint density at radius 3 is 2.16 bits per heavy atom. The molecule has 100 valence electrons. The SMILES string of the molecule is CC(O)c1ccc(N(C)Cc2ccc(Cl)cc2)cc1. The maximum atomic E-state index is 9.49. The lowest BCUT2D eigenvalue weighted by molar-refractivity contribution is 0.199. The summed E-state index contributed by atoms with van der Waals surface area (Å²) in [4.78, 5) is 2.16. The van der Waals surface area contributed by atoms with Crippen LogP contribution in [0, 0.1) is 0 Å². The van der Waals surface area contributed by atoms with E-state index < -0.39 is 6.10 Å². The van der Waals surface area contributed by atoms with Crippen molar-refractivity contribution in [2.75, 3.05) is 11.9 Å². The molecule has 0 aromatic heterocycles. The van der Waals surface area contributed by atoms with Gasteiger partial charge < -0.3 is 10.0 Å². The van der Waals surface area contributed by atoms with Crippen LogP contribution in [-0.4, -0.2) is 12.2 Å². The zero-order valence-corrected chi connectivity index (χ0v) is 11.9. The first kappa shape index (κ1) is 13.9. The predicted octanol–water partition coefficient (Wildman–Crippen LogP) is 4.03. The molecule has 2 aromatic carbocycles. The van der Waals surface area contributed by atoms with Gasteiger partial charge in [-0.2, -0.15) is 0 Å². The lowest BCUT2D eigenvalue weighted by Crippen LogP contribution is -2.16. The van der Waals surface area contributed by atoms with E-state index >= 15 is 0 Å². The van der Waals surface area contributed by atoms with E-state index in [0.29, 0.717) is 0 Å². The monoisotopic (exact) mass is 275 g/mol. The molecule has 0 spiro atoms. The van der Waals surface area contributed by atoms with Crippen molar-refractivity contribution in [2.24, 2.45) is 0 Å². The number of halogens is 1. The summed E-state index contributed by atoms with van der Waals surface area (Å²) in [7, 11) is 2.05. The average Bonchev–Trinajstić information content (AvgIpc) is 2.41. The molecular formula is C16H18ClNO. The first-order chi connectivity index (χ1) is 9.06. The van der Waals surface area contributed by atoms with Crippen LogP contribution < -0.4 is 4.90 Å². The molecule has 0 heterocycles. The molecule has 0 aliphatic rings. The molecule has 0 aliphatic carbocycles. The van der Waals surface area contributed by atoms with E-state index in [1.165, 1.54) is 5.56 Å². The van der Waals surface area contributed by atoms with Crippen LogP contribution in [0.2, 0.25) is 5.02 Å². The van der Waals surface area contributed by atoms with Gasteiger partial charge in [-0.3, -0.25) is 0 Å². The van der Waals surface area contributed by atoms with E-state index in [0.717, 1.165) is 22.8 Å². The Kier molecular flexibility index (Phi) is 4.46. The zero-order valence-electron chi connectivity index (χ0n) is 11.2. The van der Waals surface area contributed by atoms with E-state index in [1.807, 2.05) is 55.6 Å². The van der Waals surface area contributed by atoms with Gasteiger partial charge in [-0.15, -0.1) is 0 Å². The molecule has 1 atom stereocenters. The molecule has 0 radical (unpaired) electrons. The number of nitrogens with zero attached hydrogens (tertiary/aromatic N) is 1. The Morgan fingerprint density at radius 1 is 1.05 bits per heavy atom. The Bertz CT molecular complexity index is 519.